The second kappa shape index (κ2) is 22.4. The molecule has 1 amide bonds. The number of carbonyl (C=O) groups is 3. The van der Waals surface area contributed by atoms with Gasteiger partial charge in [-0.05, 0) is 43.5 Å². The molecule has 0 bridgehead atoms. The Balaban J connectivity index is 0.00000151. The van der Waals surface area contributed by atoms with Crippen LogP contribution in [0.1, 0.15) is 38.8 Å². The van der Waals surface area contributed by atoms with Crippen LogP contribution in [-0.2, 0) is 27.5 Å². The molecule has 3 rings (SSSR count). The molecule has 0 unspecified atom stereocenters. The van der Waals surface area contributed by atoms with Crippen molar-refractivity contribution >= 4 is 47.5 Å². The molecule has 20 heteroatoms. The summed E-state index contributed by atoms with van der Waals surface area (Å²) in [6, 6.07) is 12.7. The molecule has 0 aliphatic heterocycles. The number of aromatic nitrogens is 2. The zero-order valence-corrected chi connectivity index (χ0v) is 28.6. The van der Waals surface area contributed by atoms with E-state index in [0.29, 0.717) is 22.9 Å². The smallest absolute Gasteiger partial charge is 0.483 e. The number of benzene rings is 2. The van der Waals surface area contributed by atoms with Crippen molar-refractivity contribution in [3.8, 4) is 11.3 Å². The zero-order chi connectivity index (χ0) is 39.5. The fraction of sp³-hybridized carbons (Fsp3) is 0.355. The van der Waals surface area contributed by atoms with E-state index in [1.54, 1.807) is 48.3 Å². The highest BCUT2D eigenvalue weighted by Gasteiger charge is 2.38. The van der Waals surface area contributed by atoms with E-state index in [1.165, 1.54) is 4.57 Å². The molecule has 0 spiro atoms. The lowest BCUT2D eigenvalue weighted by molar-refractivity contribution is -0.192. The Morgan fingerprint density at radius 3 is 2.06 bits per heavy atom. The van der Waals surface area contributed by atoms with Gasteiger partial charge in [0.25, 0.3) is 12.0 Å². The molecule has 0 radical (unpaired) electrons. The molecular weight excluding hydrogens is 712 g/mol. The number of aliphatic carboxylic acids is 1. The van der Waals surface area contributed by atoms with Crippen molar-refractivity contribution in [1.29, 1.82) is 5.41 Å². The van der Waals surface area contributed by atoms with Crippen LogP contribution in [0.15, 0.2) is 58.4 Å². The summed E-state index contributed by atoms with van der Waals surface area (Å²) in [6.07, 6.45) is -3.48. The van der Waals surface area contributed by atoms with Crippen molar-refractivity contribution in [2.45, 2.75) is 64.6 Å². The average Bonchev–Trinajstić information content (AvgIpc) is 3.00. The second-order valence-corrected chi connectivity index (χ2v) is 11.8. The Kier molecular flexibility index (Phi) is 20.1. The van der Waals surface area contributed by atoms with Gasteiger partial charge in [0.1, 0.15) is 12.4 Å². The van der Waals surface area contributed by atoms with Gasteiger partial charge in [-0.3, -0.25) is 24.4 Å². The van der Waals surface area contributed by atoms with Crippen molar-refractivity contribution in [2.75, 3.05) is 16.8 Å². The van der Waals surface area contributed by atoms with Gasteiger partial charge in [-0.1, -0.05) is 38.1 Å². The highest BCUT2D eigenvalue weighted by molar-refractivity contribution is 7.99. The topological polar surface area (TPSA) is 227 Å². The van der Waals surface area contributed by atoms with E-state index in [-0.39, 0.29) is 48.7 Å². The number of anilines is 2. The lowest BCUT2D eigenvalue weighted by Crippen LogP contribution is -2.35. The number of carboxylic acid groups (broad SMARTS) is 2. The minimum atomic E-state index is -5.08. The molecule has 0 saturated heterocycles. The molecule has 2 aromatic carbocycles. The minimum absolute atomic E-state index is 0.00212. The Hall–Kier alpha value is -5.27. The Morgan fingerprint density at radius 2 is 1.61 bits per heavy atom. The van der Waals surface area contributed by atoms with Gasteiger partial charge in [-0.15, -0.1) is 11.8 Å². The molecule has 1 aromatic heterocycles. The van der Waals surface area contributed by atoms with Crippen LogP contribution in [0.3, 0.4) is 0 Å². The van der Waals surface area contributed by atoms with Crippen LogP contribution in [0, 0.1) is 11.3 Å². The van der Waals surface area contributed by atoms with Gasteiger partial charge in [0.05, 0.1) is 11.9 Å². The quantitative estimate of drug-likeness (QED) is 0.0338. The molecule has 0 aliphatic rings. The SMILES string of the molecule is CC(C)CSc1cc(N)cc(-c2cnc(NC(C)C)c(=O)n2CC(=O)NCc2ccc(C(=N)N)cc2)c1.FC(F)F.O=C(O)C(F)(F)F.O=CO. The first kappa shape index (κ1) is 45.7. The Labute approximate surface area is 293 Å². The summed E-state index contributed by atoms with van der Waals surface area (Å²) >= 11 is 1.69. The Bertz CT molecular complexity index is 1640. The average molecular weight is 752 g/mol. The maximum Gasteiger partial charge on any atom is 0.490 e. The van der Waals surface area contributed by atoms with Gasteiger partial charge >= 0.3 is 18.8 Å². The molecule has 0 atom stereocenters. The van der Waals surface area contributed by atoms with Crippen molar-refractivity contribution in [1.82, 2.24) is 14.9 Å². The number of alkyl halides is 6. The summed E-state index contributed by atoms with van der Waals surface area (Å²) in [5, 5.41) is 27.4. The van der Waals surface area contributed by atoms with Gasteiger partial charge < -0.3 is 32.3 Å². The van der Waals surface area contributed by atoms with Crippen molar-refractivity contribution in [3.63, 3.8) is 0 Å². The molecule has 13 nitrogen and oxygen atoms in total. The summed E-state index contributed by atoms with van der Waals surface area (Å²) in [4.78, 5) is 48.9. The highest BCUT2D eigenvalue weighted by Crippen LogP contribution is 2.29. The van der Waals surface area contributed by atoms with Crippen molar-refractivity contribution in [2.24, 2.45) is 11.7 Å². The van der Waals surface area contributed by atoms with E-state index in [0.717, 1.165) is 21.8 Å². The van der Waals surface area contributed by atoms with Crippen LogP contribution >= 0.6 is 11.8 Å². The number of halogens is 6. The largest absolute Gasteiger partial charge is 0.490 e. The fourth-order valence-electron chi connectivity index (χ4n) is 3.57. The lowest BCUT2D eigenvalue weighted by atomic mass is 10.1. The van der Waals surface area contributed by atoms with Crippen molar-refractivity contribution in [3.05, 3.63) is 70.1 Å². The number of amides is 1. The summed E-state index contributed by atoms with van der Waals surface area (Å²) in [5.41, 5.74) is 14.6. The van der Waals surface area contributed by atoms with E-state index < -0.39 is 18.8 Å². The van der Waals surface area contributed by atoms with E-state index >= 15 is 0 Å². The Morgan fingerprint density at radius 1 is 1.08 bits per heavy atom. The minimum Gasteiger partial charge on any atom is -0.483 e. The predicted molar refractivity (Wildman–Crippen MR) is 181 cm³/mol. The van der Waals surface area contributed by atoms with Gasteiger partial charge in [0.15, 0.2) is 5.82 Å². The van der Waals surface area contributed by atoms with Crippen LogP contribution in [0.2, 0.25) is 0 Å². The third-order valence-corrected chi connectivity index (χ3v) is 6.99. The number of nitrogens with zero attached hydrogens (tertiary/aromatic N) is 2. The number of rotatable bonds is 11. The summed E-state index contributed by atoms with van der Waals surface area (Å²) in [6.45, 7) is 4.31. The molecule has 9 N–H and O–H groups in total. The van der Waals surface area contributed by atoms with Crippen LogP contribution in [-0.4, -0.2) is 68.6 Å². The third-order valence-electron chi connectivity index (χ3n) is 5.59. The molecule has 0 fully saturated rings. The van der Waals surface area contributed by atoms with Crippen LogP contribution < -0.4 is 27.7 Å². The molecule has 3 aromatic rings. The van der Waals surface area contributed by atoms with Crippen LogP contribution in [0.5, 0.6) is 0 Å². The van der Waals surface area contributed by atoms with Crippen LogP contribution in [0.25, 0.3) is 11.3 Å². The van der Waals surface area contributed by atoms with Gasteiger partial charge in [-0.25, -0.2) is 9.78 Å². The van der Waals surface area contributed by atoms with Gasteiger partial charge in [0, 0.05) is 40.0 Å². The maximum absolute atomic E-state index is 13.4. The third kappa shape index (κ3) is 18.9. The first-order chi connectivity index (χ1) is 23.6. The number of thioether (sulfide) groups is 1. The summed E-state index contributed by atoms with van der Waals surface area (Å²) in [7, 11) is 0. The first-order valence-electron chi connectivity index (χ1n) is 14.5. The van der Waals surface area contributed by atoms with Gasteiger partial charge in [-0.2, -0.15) is 26.3 Å². The number of carboxylic acids is 1. The zero-order valence-electron chi connectivity index (χ0n) is 27.8. The number of hydrogen-bond donors (Lipinski definition) is 7. The molecule has 0 saturated carbocycles. The first-order valence-corrected chi connectivity index (χ1v) is 15.5. The van der Waals surface area contributed by atoms with Crippen LogP contribution in [0.4, 0.5) is 37.8 Å². The second-order valence-electron chi connectivity index (χ2n) is 10.7. The van der Waals surface area contributed by atoms with Crippen molar-refractivity contribution < 1.29 is 50.9 Å². The monoisotopic (exact) mass is 751 g/mol. The lowest BCUT2D eigenvalue weighted by Gasteiger charge is -2.17. The number of carbonyl (C=O) groups excluding carboxylic acids is 1. The van der Waals surface area contributed by atoms with E-state index in [2.05, 4.69) is 29.5 Å². The fourth-order valence-corrected chi connectivity index (χ4v) is 4.52. The van der Waals surface area contributed by atoms with E-state index in [4.69, 9.17) is 36.7 Å². The molecule has 1 heterocycles. The normalized spacial score (nSPS) is 10.5. The number of hydrogen-bond acceptors (Lipinski definition) is 9. The number of amidine groups is 1. The summed E-state index contributed by atoms with van der Waals surface area (Å²) in [5.74, 6) is -1.46. The van der Waals surface area contributed by atoms with E-state index in [9.17, 15) is 35.9 Å². The standard InChI is InChI=1S/C27H35N7O2S.C2HF3O2.CHF3.CH2O2/c1-16(2)15-37-22-10-20(9-21(28)11-22)23-13-32-26(33-17(3)4)27(36)34(23)14-24(35)31-12-18-5-7-19(8-6-18)25(29)30;3-2(4,5)1(6)7;2-1(3)4;2-1-3/h5-11,13,16-17H,12,14-15,28H2,1-4H3,(H3,29,30)(H,31,35)(H,32,33);(H,6,7);1H;1H,(H,2,3). The maximum atomic E-state index is 13.4. The highest BCUT2D eigenvalue weighted by atomic mass is 32.2. The molecule has 0 aliphatic carbocycles. The van der Waals surface area contributed by atoms with Gasteiger partial charge in [0.2, 0.25) is 5.91 Å². The molecule has 282 valence electrons. The van der Waals surface area contributed by atoms with E-state index in [1.807, 2.05) is 26.0 Å². The number of nitrogen functional groups attached to an aromatic ring is 2. The number of nitrogens with two attached hydrogens (primary N) is 2. The molecular formula is C31H39F6N7O6S. The predicted octanol–water partition coefficient (Wildman–Crippen LogP) is 5.17. The summed E-state index contributed by atoms with van der Waals surface area (Å²) < 4.78 is 62.2. The number of nitrogens with one attached hydrogen (secondary N) is 3. The molecule has 51 heavy (non-hydrogen) atoms.